The minimum absolute atomic E-state index is 0.152. The summed E-state index contributed by atoms with van der Waals surface area (Å²) in [5, 5.41) is 0. The van der Waals surface area contributed by atoms with Crippen LogP contribution in [0, 0.1) is 0 Å². The van der Waals surface area contributed by atoms with Gasteiger partial charge in [0.2, 0.25) is 6.36 Å². The number of ether oxygens (including phenoxy) is 2. The van der Waals surface area contributed by atoms with E-state index < -0.39 is 20.7 Å². The summed E-state index contributed by atoms with van der Waals surface area (Å²) in [7, 11) is -3.65. The second-order valence-corrected chi connectivity index (χ2v) is 4.01. The van der Waals surface area contributed by atoms with Crippen LogP contribution in [0.4, 0.5) is 4.39 Å². The molecule has 2 aliphatic heterocycles. The maximum absolute atomic E-state index is 12.4. The van der Waals surface area contributed by atoms with Crippen molar-refractivity contribution < 1.29 is 37.0 Å². The molecule has 9 heteroatoms. The first kappa shape index (κ1) is 10.4. The van der Waals surface area contributed by atoms with Crippen LogP contribution in [0.25, 0.3) is 0 Å². The molecular weight excluding hydrogens is 222 g/mol. The molecule has 82 valence electrons. The van der Waals surface area contributed by atoms with E-state index >= 15 is 0 Å². The highest BCUT2D eigenvalue weighted by molar-refractivity contribution is 7.48. The molecule has 2 rings (SSSR count). The van der Waals surface area contributed by atoms with Crippen molar-refractivity contribution in [1.29, 1.82) is 0 Å². The first-order valence-electron chi connectivity index (χ1n) is 3.83. The zero-order chi connectivity index (χ0) is 10.0. The largest absolute Gasteiger partial charge is 0.502 e. The summed E-state index contributed by atoms with van der Waals surface area (Å²) >= 11 is 0. The molecule has 0 aromatic carbocycles. The summed E-state index contributed by atoms with van der Waals surface area (Å²) in [6, 6.07) is 0. The van der Waals surface area contributed by atoms with Gasteiger partial charge in [0.25, 0.3) is 0 Å². The molecule has 2 atom stereocenters. The van der Waals surface area contributed by atoms with Crippen LogP contribution in [0.3, 0.4) is 0 Å². The molecule has 2 fully saturated rings. The van der Waals surface area contributed by atoms with Gasteiger partial charge < -0.3 is 4.74 Å². The number of phosphoric acid groups is 1. The minimum Gasteiger partial charge on any atom is -0.322 e. The lowest BCUT2D eigenvalue weighted by molar-refractivity contribution is -0.385. The number of halogens is 1. The van der Waals surface area contributed by atoms with E-state index in [2.05, 4.69) is 28.1 Å². The molecule has 0 aliphatic carbocycles. The Kier molecular flexibility index (Phi) is 3.13. The van der Waals surface area contributed by atoms with E-state index in [0.717, 1.165) is 0 Å². The lowest BCUT2D eigenvalue weighted by atomic mass is 10.8. The first-order chi connectivity index (χ1) is 6.68. The third kappa shape index (κ3) is 2.48. The van der Waals surface area contributed by atoms with Crippen LogP contribution >= 0.6 is 7.82 Å². The van der Waals surface area contributed by atoms with Crippen molar-refractivity contribution >= 4 is 7.82 Å². The van der Waals surface area contributed by atoms with Gasteiger partial charge in [-0.15, -0.1) is 4.67 Å². The molecule has 0 N–H and O–H groups in total. The predicted molar refractivity (Wildman–Crippen MR) is 37.4 cm³/mol. The molecule has 0 aromatic heterocycles. The topological polar surface area (TPSA) is 72.5 Å². The molecule has 0 spiro atoms. The van der Waals surface area contributed by atoms with E-state index in [-0.39, 0.29) is 19.8 Å². The van der Waals surface area contributed by atoms with Crippen LogP contribution in [0.15, 0.2) is 0 Å². The average Bonchev–Trinajstić information content (AvgIpc) is 2.73. The molecule has 0 aromatic rings. The fourth-order valence-corrected chi connectivity index (χ4v) is 1.80. The van der Waals surface area contributed by atoms with E-state index in [1.165, 1.54) is 0 Å². The predicted octanol–water partition coefficient (Wildman–Crippen LogP) is 0.715. The second kappa shape index (κ2) is 4.19. The van der Waals surface area contributed by atoms with Crippen molar-refractivity contribution in [3.05, 3.63) is 0 Å². The van der Waals surface area contributed by atoms with Crippen LogP contribution in [0.5, 0.6) is 0 Å². The van der Waals surface area contributed by atoms with Crippen molar-refractivity contribution in [2.45, 2.75) is 12.8 Å². The maximum atomic E-state index is 12.4. The van der Waals surface area contributed by atoms with Gasteiger partial charge in [-0.2, -0.15) is 4.89 Å². The van der Waals surface area contributed by atoms with Crippen LogP contribution in [-0.4, -0.2) is 32.7 Å². The summed E-state index contributed by atoms with van der Waals surface area (Å²) in [5.41, 5.74) is 0. The summed E-state index contributed by atoms with van der Waals surface area (Å²) in [5.74, 6) is 0. The second-order valence-electron chi connectivity index (χ2n) is 2.45. The van der Waals surface area contributed by atoms with Gasteiger partial charge in [-0.1, -0.05) is 0 Å². The molecule has 0 bridgehead atoms. The third-order valence-electron chi connectivity index (χ3n) is 1.42. The molecular formula is C5H8FO7P. The average molecular weight is 230 g/mol. The number of hydrogen-bond donors (Lipinski definition) is 0. The van der Waals surface area contributed by atoms with Crippen LogP contribution < -0.4 is 0 Å². The van der Waals surface area contributed by atoms with Crippen molar-refractivity contribution in [1.82, 2.24) is 0 Å². The normalized spacial score (nSPS) is 36.4. The van der Waals surface area contributed by atoms with Gasteiger partial charge in [-0.05, 0) is 0 Å². The first-order valence-corrected chi connectivity index (χ1v) is 5.29. The van der Waals surface area contributed by atoms with E-state index in [9.17, 15) is 8.96 Å². The summed E-state index contributed by atoms with van der Waals surface area (Å²) in [6.07, 6.45) is -1.57. The quantitative estimate of drug-likeness (QED) is 0.401. The fraction of sp³-hybridized carbons (Fsp3) is 1.00. The van der Waals surface area contributed by atoms with Gasteiger partial charge in [0.15, 0.2) is 0 Å². The Morgan fingerprint density at radius 3 is 2.64 bits per heavy atom. The number of alkyl halides is 1. The van der Waals surface area contributed by atoms with Gasteiger partial charge in [-0.3, -0.25) is 13.8 Å². The smallest absolute Gasteiger partial charge is 0.322 e. The number of phosphoric ester groups is 1. The molecule has 2 heterocycles. The van der Waals surface area contributed by atoms with E-state index in [4.69, 9.17) is 0 Å². The monoisotopic (exact) mass is 230 g/mol. The van der Waals surface area contributed by atoms with Crippen LogP contribution in [0.2, 0.25) is 0 Å². The molecule has 2 unspecified atom stereocenters. The van der Waals surface area contributed by atoms with E-state index in [0.29, 0.717) is 0 Å². The standard InChI is InChI=1S/C5H8FO7P/c6-4-3-8-5(11-4)12-13-14(7)9-1-2-10-14/h4-5H,1-3H2. The Balaban J connectivity index is 1.74. The number of rotatable bonds is 3. The van der Waals surface area contributed by atoms with Crippen molar-refractivity contribution in [3.63, 3.8) is 0 Å². The van der Waals surface area contributed by atoms with Crippen molar-refractivity contribution in [2.24, 2.45) is 0 Å². The minimum atomic E-state index is -3.65. The van der Waals surface area contributed by atoms with Gasteiger partial charge in [0.05, 0.1) is 13.2 Å². The molecule has 0 saturated carbocycles. The Morgan fingerprint density at radius 1 is 1.36 bits per heavy atom. The van der Waals surface area contributed by atoms with Gasteiger partial charge in [0.1, 0.15) is 6.61 Å². The van der Waals surface area contributed by atoms with Crippen molar-refractivity contribution in [2.75, 3.05) is 19.8 Å². The maximum Gasteiger partial charge on any atom is 0.502 e. The van der Waals surface area contributed by atoms with Crippen LogP contribution in [-0.2, 0) is 32.6 Å². The molecule has 2 saturated heterocycles. The zero-order valence-corrected chi connectivity index (χ0v) is 7.85. The Morgan fingerprint density at radius 2 is 2.07 bits per heavy atom. The molecule has 0 amide bonds. The number of hydrogen-bond acceptors (Lipinski definition) is 7. The van der Waals surface area contributed by atoms with Gasteiger partial charge in [0, 0.05) is 0 Å². The van der Waals surface area contributed by atoms with Crippen molar-refractivity contribution in [3.8, 4) is 0 Å². The highest BCUT2D eigenvalue weighted by Gasteiger charge is 2.37. The highest BCUT2D eigenvalue weighted by Crippen LogP contribution is 2.53. The third-order valence-corrected chi connectivity index (χ3v) is 2.68. The Bertz CT molecular complexity index is 238. The Labute approximate surface area is 78.5 Å². The molecule has 7 nitrogen and oxygen atoms in total. The fourth-order valence-electron chi connectivity index (χ4n) is 0.870. The Hall–Kier alpha value is -0.0800. The molecule has 0 radical (unpaired) electrons. The van der Waals surface area contributed by atoms with Gasteiger partial charge >= 0.3 is 14.3 Å². The lowest BCUT2D eigenvalue weighted by Crippen LogP contribution is -2.13. The van der Waals surface area contributed by atoms with Crippen LogP contribution in [0.1, 0.15) is 0 Å². The molecule has 14 heavy (non-hydrogen) atoms. The zero-order valence-electron chi connectivity index (χ0n) is 6.96. The summed E-state index contributed by atoms with van der Waals surface area (Å²) in [4.78, 5) is 4.36. The lowest BCUT2D eigenvalue weighted by Gasteiger charge is -2.11. The SMILES string of the molecule is O=P1(OOC2OCC(F)O2)OCCO1. The highest BCUT2D eigenvalue weighted by atomic mass is 31.2. The summed E-state index contributed by atoms with van der Waals surface area (Å²) < 4.78 is 46.1. The van der Waals surface area contributed by atoms with E-state index in [1.54, 1.807) is 0 Å². The molecule has 2 aliphatic rings. The van der Waals surface area contributed by atoms with E-state index in [1.807, 2.05) is 0 Å². The van der Waals surface area contributed by atoms with Gasteiger partial charge in [-0.25, -0.2) is 8.96 Å². The summed E-state index contributed by atoms with van der Waals surface area (Å²) in [6.45, 7) is -1.30.